The predicted molar refractivity (Wildman–Crippen MR) is 151 cm³/mol. The van der Waals surface area contributed by atoms with Gasteiger partial charge in [-0.25, -0.2) is 0 Å². The molecule has 0 radical (unpaired) electrons. The number of methoxy groups -OCH3 is 1. The van der Waals surface area contributed by atoms with Crippen molar-refractivity contribution in [2.45, 2.75) is 12.1 Å². The number of ether oxygens (including phenoxy) is 2. The Morgan fingerprint density at radius 3 is 2.62 bits per heavy atom. The second-order valence-corrected chi connectivity index (χ2v) is 9.84. The maximum Gasteiger partial charge on any atom is 0.174 e. The summed E-state index contributed by atoms with van der Waals surface area (Å²) >= 11 is 25.1. The van der Waals surface area contributed by atoms with E-state index < -0.39 is 0 Å². The first-order valence-corrected chi connectivity index (χ1v) is 13.0. The first-order valence-electron chi connectivity index (χ1n) is 11.4. The van der Waals surface area contributed by atoms with Crippen LogP contribution in [0.4, 0.5) is 5.69 Å². The number of pyridine rings is 1. The molecule has 3 heterocycles. The van der Waals surface area contributed by atoms with Crippen LogP contribution in [0.1, 0.15) is 23.5 Å². The largest absolute Gasteiger partial charge is 0.490 e. The summed E-state index contributed by atoms with van der Waals surface area (Å²) < 4.78 is 17.2. The Labute approximate surface area is 235 Å². The lowest BCUT2D eigenvalue weighted by molar-refractivity contribution is 0.146. The summed E-state index contributed by atoms with van der Waals surface area (Å²) in [6.45, 7) is 0.856. The van der Waals surface area contributed by atoms with Gasteiger partial charge in [-0.1, -0.05) is 46.9 Å². The van der Waals surface area contributed by atoms with E-state index in [0.29, 0.717) is 56.2 Å². The highest BCUT2D eigenvalue weighted by atomic mass is 35.5. The summed E-state index contributed by atoms with van der Waals surface area (Å²) in [5.74, 6) is 1.83. The van der Waals surface area contributed by atoms with Crippen molar-refractivity contribution in [2.75, 3.05) is 25.2 Å². The molecule has 1 aliphatic rings. The normalized spacial score (nSPS) is 17.2. The minimum absolute atomic E-state index is 0.279. The molecule has 0 spiro atoms. The summed E-state index contributed by atoms with van der Waals surface area (Å²) in [5.41, 5.74) is 2.31. The maximum absolute atomic E-state index is 6.58. The molecule has 2 atom stereocenters. The Hall–Kier alpha value is -2.81. The van der Waals surface area contributed by atoms with E-state index in [4.69, 9.17) is 60.9 Å². The quantitative estimate of drug-likeness (QED) is 0.173. The molecule has 0 bridgehead atoms. The average molecular weight is 575 g/mol. The van der Waals surface area contributed by atoms with E-state index in [2.05, 4.69) is 10.3 Å². The first-order chi connectivity index (χ1) is 18.0. The Morgan fingerprint density at radius 1 is 1.00 bits per heavy atom. The van der Waals surface area contributed by atoms with Crippen molar-refractivity contribution in [1.82, 2.24) is 10.3 Å². The maximum atomic E-state index is 6.58. The highest BCUT2D eigenvalue weighted by molar-refractivity contribution is 7.80. The van der Waals surface area contributed by atoms with E-state index >= 15 is 0 Å². The molecule has 0 aliphatic carbocycles. The molecule has 10 heteroatoms. The zero-order valence-electron chi connectivity index (χ0n) is 19.7. The van der Waals surface area contributed by atoms with E-state index in [1.807, 2.05) is 65.6 Å². The van der Waals surface area contributed by atoms with Crippen LogP contribution in [0.25, 0.3) is 11.3 Å². The lowest BCUT2D eigenvalue weighted by atomic mass is 10.0. The summed E-state index contributed by atoms with van der Waals surface area (Å²) in [6, 6.07) is 19.9. The van der Waals surface area contributed by atoms with Crippen LogP contribution in [0, 0.1) is 0 Å². The smallest absolute Gasteiger partial charge is 0.174 e. The zero-order chi connectivity index (χ0) is 25.9. The van der Waals surface area contributed by atoms with E-state index in [1.54, 1.807) is 19.4 Å². The van der Waals surface area contributed by atoms with Gasteiger partial charge in [0.1, 0.15) is 29.9 Å². The van der Waals surface area contributed by atoms with Crippen LogP contribution in [-0.4, -0.2) is 30.4 Å². The summed E-state index contributed by atoms with van der Waals surface area (Å²) in [5, 5.41) is 5.27. The van der Waals surface area contributed by atoms with Gasteiger partial charge in [-0.15, -0.1) is 0 Å². The van der Waals surface area contributed by atoms with Crippen molar-refractivity contribution in [2.24, 2.45) is 0 Å². The van der Waals surface area contributed by atoms with Crippen molar-refractivity contribution in [1.29, 1.82) is 0 Å². The Balaban J connectivity index is 1.55. The number of benzene rings is 2. The van der Waals surface area contributed by atoms with Gasteiger partial charge in [0.2, 0.25) is 0 Å². The molecule has 0 unspecified atom stereocenters. The number of rotatable bonds is 8. The zero-order valence-corrected chi connectivity index (χ0v) is 22.7. The van der Waals surface area contributed by atoms with Crippen molar-refractivity contribution in [3.8, 4) is 17.1 Å². The van der Waals surface area contributed by atoms with E-state index in [-0.39, 0.29) is 12.1 Å². The van der Waals surface area contributed by atoms with Gasteiger partial charge < -0.3 is 24.1 Å². The molecule has 1 saturated heterocycles. The van der Waals surface area contributed by atoms with Gasteiger partial charge in [-0.2, -0.15) is 0 Å². The number of nitrogens with one attached hydrogen (secondary N) is 1. The highest BCUT2D eigenvalue weighted by Gasteiger charge is 2.42. The fraction of sp³-hybridized carbons (Fsp3) is 0.185. The molecule has 190 valence electrons. The molecule has 2 aromatic heterocycles. The number of hydrogen-bond donors (Lipinski definition) is 1. The van der Waals surface area contributed by atoms with Crippen LogP contribution in [0.5, 0.6) is 5.75 Å². The number of anilines is 1. The minimum Gasteiger partial charge on any atom is -0.490 e. The molecule has 0 saturated carbocycles. The third kappa shape index (κ3) is 5.28. The Morgan fingerprint density at radius 2 is 1.86 bits per heavy atom. The monoisotopic (exact) mass is 573 g/mol. The van der Waals surface area contributed by atoms with E-state index in [1.165, 1.54) is 0 Å². The van der Waals surface area contributed by atoms with Crippen molar-refractivity contribution in [3.05, 3.63) is 99.4 Å². The second kappa shape index (κ2) is 11.3. The summed E-state index contributed by atoms with van der Waals surface area (Å²) in [4.78, 5) is 6.55. The number of aromatic nitrogens is 1. The van der Waals surface area contributed by atoms with Crippen LogP contribution < -0.4 is 15.0 Å². The third-order valence-electron chi connectivity index (χ3n) is 5.97. The van der Waals surface area contributed by atoms with Gasteiger partial charge >= 0.3 is 0 Å². The van der Waals surface area contributed by atoms with Crippen molar-refractivity contribution >= 4 is 57.8 Å². The fourth-order valence-corrected chi connectivity index (χ4v) is 5.23. The van der Waals surface area contributed by atoms with E-state index in [9.17, 15) is 0 Å². The number of halogens is 3. The average Bonchev–Trinajstić information content (AvgIpc) is 3.52. The molecular weight excluding hydrogens is 553 g/mol. The van der Waals surface area contributed by atoms with Crippen LogP contribution in [0.3, 0.4) is 0 Å². The van der Waals surface area contributed by atoms with Gasteiger partial charge in [0, 0.05) is 24.6 Å². The molecule has 4 aromatic rings. The number of hydrogen-bond acceptors (Lipinski definition) is 5. The van der Waals surface area contributed by atoms with Gasteiger partial charge in [-0.05, 0) is 66.8 Å². The van der Waals surface area contributed by atoms with Crippen molar-refractivity contribution in [3.63, 3.8) is 0 Å². The van der Waals surface area contributed by atoms with Gasteiger partial charge in [0.25, 0.3) is 0 Å². The highest BCUT2D eigenvalue weighted by Crippen LogP contribution is 2.45. The molecule has 0 amide bonds. The molecule has 37 heavy (non-hydrogen) atoms. The molecule has 1 N–H and O–H groups in total. The third-order valence-corrected chi connectivity index (χ3v) is 7.40. The molecular formula is C27H22Cl3N3O3S. The Bertz CT molecular complexity index is 1420. The topological polar surface area (TPSA) is 59.8 Å². The molecule has 5 rings (SSSR count). The van der Waals surface area contributed by atoms with E-state index in [0.717, 1.165) is 11.4 Å². The molecule has 2 aromatic carbocycles. The van der Waals surface area contributed by atoms with Gasteiger partial charge in [0.15, 0.2) is 5.11 Å². The fourth-order valence-electron chi connectivity index (χ4n) is 4.26. The lowest BCUT2D eigenvalue weighted by Crippen LogP contribution is -2.29. The van der Waals surface area contributed by atoms with Crippen LogP contribution in [0.2, 0.25) is 15.1 Å². The predicted octanol–water partition coefficient (Wildman–Crippen LogP) is 7.50. The molecule has 6 nitrogen and oxygen atoms in total. The van der Waals surface area contributed by atoms with Crippen LogP contribution in [-0.2, 0) is 4.74 Å². The SMILES string of the molecule is COCCOc1ccc(N2C(=S)N[C@H](c3ccccn3)[C@@H]2c2ccc(-c3cccc(Cl)c3Cl)o2)cc1Cl. The summed E-state index contributed by atoms with van der Waals surface area (Å²) in [7, 11) is 1.62. The van der Waals surface area contributed by atoms with Crippen LogP contribution in [0.15, 0.2) is 77.3 Å². The lowest BCUT2D eigenvalue weighted by Gasteiger charge is -2.26. The summed E-state index contributed by atoms with van der Waals surface area (Å²) in [6.07, 6.45) is 1.75. The number of furan rings is 1. The molecule has 1 fully saturated rings. The second-order valence-electron chi connectivity index (χ2n) is 8.26. The standard InChI is InChI=1S/C27H22Cl3N3O3S/c1-34-13-14-35-22-9-8-16(15-19(22)29)33-26(25(32-27(33)37)20-7-2-3-12-31-20)23-11-10-21(36-23)17-5-4-6-18(28)24(17)30/h2-12,15,25-26H,13-14H2,1H3,(H,32,37)/t25-,26+/m1/s1. The molecule has 1 aliphatic heterocycles. The van der Waals surface area contributed by atoms with Crippen molar-refractivity contribution < 1.29 is 13.9 Å². The Kier molecular flexibility index (Phi) is 7.88. The first kappa shape index (κ1) is 25.8. The number of thiocarbonyl (C=S) groups is 1. The minimum atomic E-state index is -0.356. The number of nitrogens with zero attached hydrogens (tertiary/aromatic N) is 2. The van der Waals surface area contributed by atoms with Gasteiger partial charge in [0.05, 0.1) is 33.4 Å². The van der Waals surface area contributed by atoms with Crippen LogP contribution >= 0.6 is 47.0 Å². The van der Waals surface area contributed by atoms with Gasteiger partial charge in [-0.3, -0.25) is 4.98 Å².